The maximum atomic E-state index is 9.86. The smallest absolute Gasteiger partial charge is 0.207 e. The molecule has 3 heterocycles. The summed E-state index contributed by atoms with van der Waals surface area (Å²) in [5, 5.41) is 15.5. The highest BCUT2D eigenvalue weighted by Gasteiger charge is 2.04. The summed E-state index contributed by atoms with van der Waals surface area (Å²) in [5.41, 5.74) is 1.88. The molecule has 9 heteroatoms. The molecule has 0 atom stereocenters. The van der Waals surface area contributed by atoms with E-state index in [1.54, 1.807) is 41.2 Å². The van der Waals surface area contributed by atoms with Gasteiger partial charge in [0, 0.05) is 22.5 Å². The number of benzene rings is 1. The lowest BCUT2D eigenvalue weighted by Crippen LogP contribution is -2.12. The van der Waals surface area contributed by atoms with Gasteiger partial charge in [0.05, 0.1) is 16.8 Å². The van der Waals surface area contributed by atoms with Gasteiger partial charge >= 0.3 is 0 Å². The van der Waals surface area contributed by atoms with Crippen molar-refractivity contribution in [1.29, 1.82) is 0 Å². The second-order valence-corrected chi connectivity index (χ2v) is 7.27. The first-order valence-electron chi connectivity index (χ1n) is 7.17. The number of thiazole rings is 1. The largest absolute Gasteiger partial charge is 0.494 e. The van der Waals surface area contributed by atoms with Crippen LogP contribution in [0.5, 0.6) is 5.88 Å². The molecule has 0 saturated carbocycles. The van der Waals surface area contributed by atoms with Crippen LogP contribution in [0.3, 0.4) is 0 Å². The number of hydrogen-bond donors (Lipinski definition) is 2. The second-order valence-electron chi connectivity index (χ2n) is 5.12. The summed E-state index contributed by atoms with van der Waals surface area (Å²) < 4.78 is 2.15. The zero-order chi connectivity index (χ0) is 17.4. The monoisotopic (exact) mass is 387 g/mol. The van der Waals surface area contributed by atoms with Gasteiger partial charge in [0.2, 0.25) is 5.88 Å². The molecule has 0 aliphatic rings. The number of nitrogens with zero attached hydrogens (tertiary/aromatic N) is 4. The molecule has 0 radical (unpaired) electrons. The highest BCUT2D eigenvalue weighted by molar-refractivity contribution is 7.73. The molecule has 2 N–H and O–H groups in total. The van der Waals surface area contributed by atoms with Crippen LogP contribution in [-0.2, 0) is 0 Å². The van der Waals surface area contributed by atoms with Gasteiger partial charge in [-0.25, -0.2) is 14.5 Å². The second kappa shape index (κ2) is 6.40. The zero-order valence-corrected chi connectivity index (χ0v) is 14.9. The Kier molecular flexibility index (Phi) is 4.08. The zero-order valence-electron chi connectivity index (χ0n) is 12.5. The number of halogens is 1. The standard InChI is InChI=1S/C16H10ClN5OS2/c17-10-2-1-3-11(7-10)19-13-4-5-22-14(20-13)9(8-18-22)6-12-15(23)21-16(24)25-12/h1-8,23H,(H,21,24)/b9-6+,19-13?. The van der Waals surface area contributed by atoms with Crippen molar-refractivity contribution < 1.29 is 5.11 Å². The lowest BCUT2D eigenvalue weighted by Gasteiger charge is -1.95. The van der Waals surface area contributed by atoms with Crippen LogP contribution in [-0.4, -0.2) is 24.7 Å². The van der Waals surface area contributed by atoms with Crippen molar-refractivity contribution in [1.82, 2.24) is 19.6 Å². The van der Waals surface area contributed by atoms with Crippen LogP contribution < -0.4 is 10.7 Å². The molecule has 124 valence electrons. The summed E-state index contributed by atoms with van der Waals surface area (Å²) >= 11 is 12.3. The molecule has 0 saturated heterocycles. The predicted molar refractivity (Wildman–Crippen MR) is 99.6 cm³/mol. The van der Waals surface area contributed by atoms with E-state index in [0.717, 1.165) is 10.9 Å². The summed E-state index contributed by atoms with van der Waals surface area (Å²) in [4.78, 5) is 12.3. The predicted octanol–water partition coefficient (Wildman–Crippen LogP) is 2.99. The van der Waals surface area contributed by atoms with Crippen molar-refractivity contribution >= 4 is 52.6 Å². The van der Waals surface area contributed by atoms with Gasteiger partial charge in [0.15, 0.2) is 15.1 Å². The molecule has 0 amide bonds. The number of aromatic amines is 1. The van der Waals surface area contributed by atoms with Gasteiger partial charge in [0.1, 0.15) is 0 Å². The maximum Gasteiger partial charge on any atom is 0.207 e. The summed E-state index contributed by atoms with van der Waals surface area (Å²) in [5.74, 6) is 0.0362. The van der Waals surface area contributed by atoms with Gasteiger partial charge < -0.3 is 10.1 Å². The first kappa shape index (κ1) is 15.9. The molecule has 0 aliphatic heterocycles. The topological polar surface area (TPSA) is 78.6 Å². The van der Waals surface area contributed by atoms with Crippen molar-refractivity contribution in [3.05, 3.63) is 67.3 Å². The quantitative estimate of drug-likeness (QED) is 0.518. The van der Waals surface area contributed by atoms with Crippen molar-refractivity contribution in [3.63, 3.8) is 0 Å². The van der Waals surface area contributed by atoms with Gasteiger partial charge in [-0.3, -0.25) is 0 Å². The molecule has 4 aromatic rings. The minimum atomic E-state index is 0.0362. The Morgan fingerprint density at radius 3 is 3.00 bits per heavy atom. The average molecular weight is 388 g/mol. The molecule has 4 rings (SSSR count). The van der Waals surface area contributed by atoms with Crippen LogP contribution in [0, 0.1) is 3.95 Å². The Hall–Kier alpha value is -2.55. The van der Waals surface area contributed by atoms with Crippen LogP contribution in [0.2, 0.25) is 5.02 Å². The van der Waals surface area contributed by atoms with Gasteiger partial charge in [-0.15, -0.1) is 11.3 Å². The number of fused-ring (bicyclic) bond motifs is 1. The molecule has 3 aromatic heterocycles. The Balaban J connectivity index is 1.88. The number of nitrogens with one attached hydrogen (secondary N) is 1. The van der Waals surface area contributed by atoms with Crippen LogP contribution in [0.1, 0.15) is 4.88 Å². The van der Waals surface area contributed by atoms with E-state index in [1.807, 2.05) is 12.1 Å². The average Bonchev–Trinajstić information content (AvgIpc) is 3.11. The van der Waals surface area contributed by atoms with Crippen LogP contribution >= 0.6 is 35.2 Å². The van der Waals surface area contributed by atoms with Crippen LogP contribution in [0.25, 0.3) is 11.7 Å². The fraction of sp³-hybridized carbons (Fsp3) is 0. The van der Waals surface area contributed by atoms with Gasteiger partial charge in [-0.05, 0) is 36.5 Å². The molecule has 6 nitrogen and oxygen atoms in total. The van der Waals surface area contributed by atoms with E-state index in [2.05, 4.69) is 20.1 Å². The number of aromatic nitrogens is 4. The third-order valence-corrected chi connectivity index (χ3v) is 4.78. The highest BCUT2D eigenvalue weighted by atomic mass is 35.5. The number of H-pyrrole nitrogens is 1. The van der Waals surface area contributed by atoms with E-state index in [9.17, 15) is 5.11 Å². The minimum absolute atomic E-state index is 0.0362. The number of hydrogen-bond acceptors (Lipinski definition) is 6. The summed E-state index contributed by atoms with van der Waals surface area (Å²) in [6.45, 7) is 0. The van der Waals surface area contributed by atoms with Gasteiger partial charge in [-0.2, -0.15) is 5.10 Å². The van der Waals surface area contributed by atoms with Crippen LogP contribution in [0.4, 0.5) is 5.69 Å². The fourth-order valence-corrected chi connectivity index (χ4v) is 3.52. The molecular formula is C16H10ClN5OS2. The van der Waals surface area contributed by atoms with E-state index in [4.69, 9.17) is 23.8 Å². The third kappa shape index (κ3) is 3.32. The lowest BCUT2D eigenvalue weighted by atomic mass is 10.3. The Bertz CT molecular complexity index is 1260. The molecule has 0 bridgehead atoms. The van der Waals surface area contributed by atoms with E-state index in [0.29, 0.717) is 25.0 Å². The molecule has 0 unspecified atom stereocenters. The highest BCUT2D eigenvalue weighted by Crippen LogP contribution is 2.21. The molecule has 0 fully saturated rings. The first-order valence-corrected chi connectivity index (χ1v) is 8.77. The van der Waals surface area contributed by atoms with Crippen molar-refractivity contribution in [3.8, 4) is 5.88 Å². The van der Waals surface area contributed by atoms with E-state index in [-0.39, 0.29) is 5.88 Å². The van der Waals surface area contributed by atoms with Crippen molar-refractivity contribution in [2.24, 2.45) is 4.99 Å². The first-order chi connectivity index (χ1) is 12.1. The lowest BCUT2D eigenvalue weighted by molar-refractivity contribution is 0.456. The van der Waals surface area contributed by atoms with Gasteiger partial charge in [0.25, 0.3) is 0 Å². The molecular weight excluding hydrogens is 378 g/mol. The van der Waals surface area contributed by atoms with Crippen molar-refractivity contribution in [2.75, 3.05) is 0 Å². The van der Waals surface area contributed by atoms with E-state index in [1.165, 1.54) is 11.3 Å². The SMILES string of the molecule is Oc1[nH]c(=S)sc1/C=c1\cnn2ccc(=Nc3cccc(Cl)c3)nc12. The van der Waals surface area contributed by atoms with E-state index >= 15 is 0 Å². The Labute approximate surface area is 155 Å². The molecule has 1 aromatic carbocycles. The van der Waals surface area contributed by atoms with E-state index < -0.39 is 0 Å². The van der Waals surface area contributed by atoms with Crippen LogP contribution in [0.15, 0.2) is 47.7 Å². The fourth-order valence-electron chi connectivity index (χ4n) is 2.29. The molecule has 25 heavy (non-hydrogen) atoms. The normalized spacial score (nSPS) is 13.0. The number of rotatable bonds is 2. The Morgan fingerprint density at radius 2 is 2.24 bits per heavy atom. The Morgan fingerprint density at radius 1 is 1.36 bits per heavy atom. The maximum absolute atomic E-state index is 9.86. The molecule has 0 spiro atoms. The summed E-state index contributed by atoms with van der Waals surface area (Å²) in [6, 6.07) is 9.01. The number of aromatic hydroxyl groups is 1. The summed E-state index contributed by atoms with van der Waals surface area (Å²) in [6.07, 6.45) is 5.24. The van der Waals surface area contributed by atoms with Gasteiger partial charge in [-0.1, -0.05) is 17.7 Å². The van der Waals surface area contributed by atoms with Crippen molar-refractivity contribution in [2.45, 2.75) is 0 Å². The minimum Gasteiger partial charge on any atom is -0.494 e. The summed E-state index contributed by atoms with van der Waals surface area (Å²) in [7, 11) is 0. The third-order valence-electron chi connectivity index (χ3n) is 3.38. The molecule has 0 aliphatic carbocycles.